The number of amides is 1. The highest BCUT2D eigenvalue weighted by Crippen LogP contribution is 2.27. The van der Waals surface area contributed by atoms with E-state index in [0.29, 0.717) is 18.3 Å². The van der Waals surface area contributed by atoms with Gasteiger partial charge in [-0.05, 0) is 17.7 Å². The molecule has 0 aliphatic rings. The molecule has 0 saturated heterocycles. The first kappa shape index (κ1) is 16.4. The number of carbonyl (C=O) groups excluding carboxylic acids is 1. The maximum absolute atomic E-state index is 12.3. The molecule has 1 aromatic carbocycles. The standard InChI is InChI=1S/C15H13F3N2OS/c16-15(17,18)10-22-14-12(7-4-8-19-14)13(21)20-9-11-5-2-1-3-6-11/h1-8H,9-10H2,(H,20,21). The van der Waals surface area contributed by atoms with Crippen LogP contribution >= 0.6 is 11.8 Å². The van der Waals surface area contributed by atoms with Crippen molar-refractivity contribution in [2.45, 2.75) is 17.7 Å². The SMILES string of the molecule is O=C(NCc1ccccc1)c1cccnc1SCC(F)(F)F. The van der Waals surface area contributed by atoms with Crippen molar-refractivity contribution in [2.75, 3.05) is 5.75 Å². The van der Waals surface area contributed by atoms with Crippen molar-refractivity contribution in [1.82, 2.24) is 10.3 Å². The average molecular weight is 326 g/mol. The Labute approximate surface area is 129 Å². The van der Waals surface area contributed by atoms with Crippen LogP contribution in [0.1, 0.15) is 15.9 Å². The van der Waals surface area contributed by atoms with Gasteiger partial charge in [-0.2, -0.15) is 13.2 Å². The molecular weight excluding hydrogens is 313 g/mol. The van der Waals surface area contributed by atoms with Crippen LogP contribution in [0.3, 0.4) is 0 Å². The van der Waals surface area contributed by atoms with Crippen molar-refractivity contribution in [3.63, 3.8) is 0 Å². The van der Waals surface area contributed by atoms with Crippen molar-refractivity contribution in [2.24, 2.45) is 0 Å². The third-order valence-corrected chi connectivity index (χ3v) is 3.75. The highest BCUT2D eigenvalue weighted by atomic mass is 32.2. The van der Waals surface area contributed by atoms with E-state index in [9.17, 15) is 18.0 Å². The molecule has 1 heterocycles. The average Bonchev–Trinajstić information content (AvgIpc) is 2.51. The molecule has 22 heavy (non-hydrogen) atoms. The van der Waals surface area contributed by atoms with Crippen molar-refractivity contribution in [3.8, 4) is 0 Å². The fourth-order valence-electron chi connectivity index (χ4n) is 1.70. The normalized spacial score (nSPS) is 11.2. The molecule has 0 unspecified atom stereocenters. The van der Waals surface area contributed by atoms with Gasteiger partial charge in [-0.25, -0.2) is 4.98 Å². The lowest BCUT2D eigenvalue weighted by atomic mass is 10.2. The Bertz CT molecular complexity index is 632. The molecule has 0 saturated carbocycles. The molecule has 0 aliphatic heterocycles. The van der Waals surface area contributed by atoms with Gasteiger partial charge < -0.3 is 5.32 Å². The van der Waals surface area contributed by atoms with Gasteiger partial charge >= 0.3 is 6.18 Å². The molecule has 0 bridgehead atoms. The van der Waals surface area contributed by atoms with Gasteiger partial charge in [-0.1, -0.05) is 42.1 Å². The Morgan fingerprint density at radius 2 is 1.86 bits per heavy atom. The van der Waals surface area contributed by atoms with E-state index in [1.165, 1.54) is 18.3 Å². The topological polar surface area (TPSA) is 42.0 Å². The molecular formula is C15H13F3N2OS. The second-order valence-electron chi connectivity index (χ2n) is 4.43. The monoisotopic (exact) mass is 326 g/mol. The summed E-state index contributed by atoms with van der Waals surface area (Å²) in [5, 5.41) is 2.75. The van der Waals surface area contributed by atoms with Gasteiger partial charge in [0.1, 0.15) is 5.03 Å². The highest BCUT2D eigenvalue weighted by Gasteiger charge is 2.28. The van der Waals surface area contributed by atoms with Gasteiger partial charge in [0, 0.05) is 12.7 Å². The molecule has 3 nitrogen and oxygen atoms in total. The van der Waals surface area contributed by atoms with Gasteiger partial charge in [0.05, 0.1) is 11.3 Å². The van der Waals surface area contributed by atoms with Gasteiger partial charge in [0.2, 0.25) is 0 Å². The number of halogens is 3. The lowest BCUT2D eigenvalue weighted by molar-refractivity contribution is -0.105. The number of aromatic nitrogens is 1. The quantitative estimate of drug-likeness (QED) is 0.853. The Morgan fingerprint density at radius 3 is 2.55 bits per heavy atom. The van der Waals surface area contributed by atoms with Gasteiger partial charge in [-0.3, -0.25) is 4.79 Å². The summed E-state index contributed by atoms with van der Waals surface area (Å²) in [6, 6.07) is 12.2. The van der Waals surface area contributed by atoms with Crippen LogP contribution < -0.4 is 5.32 Å². The van der Waals surface area contributed by atoms with Gasteiger partial charge in [0.25, 0.3) is 5.91 Å². The molecule has 0 atom stereocenters. The number of pyridine rings is 1. The highest BCUT2D eigenvalue weighted by molar-refractivity contribution is 7.99. The smallest absolute Gasteiger partial charge is 0.348 e. The molecule has 116 valence electrons. The summed E-state index contributed by atoms with van der Waals surface area (Å²) in [7, 11) is 0. The molecule has 1 N–H and O–H groups in total. The van der Waals surface area contributed by atoms with Crippen molar-refractivity contribution in [3.05, 3.63) is 59.8 Å². The summed E-state index contributed by atoms with van der Waals surface area (Å²) < 4.78 is 36.9. The van der Waals surface area contributed by atoms with E-state index in [1.807, 2.05) is 30.3 Å². The van der Waals surface area contributed by atoms with Crippen LogP contribution in [0.15, 0.2) is 53.7 Å². The maximum Gasteiger partial charge on any atom is 0.398 e. The summed E-state index contributed by atoms with van der Waals surface area (Å²) >= 11 is 0.507. The number of carbonyl (C=O) groups is 1. The third kappa shape index (κ3) is 5.07. The van der Waals surface area contributed by atoms with E-state index in [-0.39, 0.29) is 10.6 Å². The molecule has 0 fully saturated rings. The molecule has 2 aromatic rings. The zero-order chi connectivity index (χ0) is 16.0. The van der Waals surface area contributed by atoms with Crippen molar-refractivity contribution < 1.29 is 18.0 Å². The van der Waals surface area contributed by atoms with Crippen LogP contribution in [-0.4, -0.2) is 22.8 Å². The summed E-state index contributed by atoms with van der Waals surface area (Å²) in [6.45, 7) is 0.304. The Hall–Kier alpha value is -2.02. The number of nitrogens with one attached hydrogen (secondary N) is 1. The third-order valence-electron chi connectivity index (χ3n) is 2.68. The van der Waals surface area contributed by atoms with E-state index in [4.69, 9.17) is 0 Å². The zero-order valence-corrected chi connectivity index (χ0v) is 12.2. The summed E-state index contributed by atoms with van der Waals surface area (Å²) in [4.78, 5) is 16.0. The van der Waals surface area contributed by atoms with Crippen LogP contribution in [-0.2, 0) is 6.54 Å². The first-order valence-electron chi connectivity index (χ1n) is 6.42. The first-order chi connectivity index (χ1) is 10.5. The van der Waals surface area contributed by atoms with Crippen molar-refractivity contribution in [1.29, 1.82) is 0 Å². The molecule has 0 spiro atoms. The number of nitrogens with zero attached hydrogens (tertiary/aromatic N) is 1. The van der Waals surface area contributed by atoms with E-state index in [0.717, 1.165) is 5.56 Å². The Morgan fingerprint density at radius 1 is 1.14 bits per heavy atom. The van der Waals surface area contributed by atoms with E-state index < -0.39 is 17.8 Å². The lowest BCUT2D eigenvalue weighted by Crippen LogP contribution is -2.24. The van der Waals surface area contributed by atoms with Crippen molar-refractivity contribution >= 4 is 17.7 Å². The predicted molar refractivity (Wildman–Crippen MR) is 78.6 cm³/mol. The molecule has 0 radical (unpaired) electrons. The number of rotatable bonds is 5. The number of thioether (sulfide) groups is 1. The molecule has 2 rings (SSSR count). The van der Waals surface area contributed by atoms with Gasteiger partial charge in [-0.15, -0.1) is 0 Å². The zero-order valence-electron chi connectivity index (χ0n) is 11.4. The lowest BCUT2D eigenvalue weighted by Gasteiger charge is -2.10. The van der Waals surface area contributed by atoms with Crippen LogP contribution in [0, 0.1) is 0 Å². The molecule has 0 aliphatic carbocycles. The summed E-state index contributed by atoms with van der Waals surface area (Å²) in [5.74, 6) is -1.52. The fraction of sp³-hybridized carbons (Fsp3) is 0.200. The van der Waals surface area contributed by atoms with Crippen LogP contribution in [0.5, 0.6) is 0 Å². The number of hydrogen-bond acceptors (Lipinski definition) is 3. The van der Waals surface area contributed by atoms with Crippen LogP contribution in [0.25, 0.3) is 0 Å². The van der Waals surface area contributed by atoms with Gasteiger partial charge in [0.15, 0.2) is 0 Å². The minimum Gasteiger partial charge on any atom is -0.348 e. The van der Waals surface area contributed by atoms with Crippen LogP contribution in [0.4, 0.5) is 13.2 Å². The second-order valence-corrected chi connectivity index (χ2v) is 5.39. The number of alkyl halides is 3. The largest absolute Gasteiger partial charge is 0.398 e. The first-order valence-corrected chi connectivity index (χ1v) is 7.41. The molecule has 7 heteroatoms. The minimum atomic E-state index is -4.31. The molecule has 1 amide bonds. The predicted octanol–water partition coefficient (Wildman–Crippen LogP) is 3.67. The van der Waals surface area contributed by atoms with E-state index in [2.05, 4.69) is 10.3 Å². The van der Waals surface area contributed by atoms with E-state index >= 15 is 0 Å². The Balaban J connectivity index is 2.03. The second kappa shape index (κ2) is 7.31. The van der Waals surface area contributed by atoms with Crippen LogP contribution in [0.2, 0.25) is 0 Å². The Kier molecular flexibility index (Phi) is 5.43. The number of hydrogen-bond donors (Lipinski definition) is 1. The minimum absolute atomic E-state index is 0.0744. The summed E-state index contributed by atoms with van der Waals surface area (Å²) in [6.07, 6.45) is -2.94. The number of benzene rings is 1. The van der Waals surface area contributed by atoms with E-state index in [1.54, 1.807) is 0 Å². The maximum atomic E-state index is 12.3. The molecule has 1 aromatic heterocycles. The fourth-order valence-corrected chi connectivity index (χ4v) is 2.45. The summed E-state index contributed by atoms with van der Waals surface area (Å²) in [5.41, 5.74) is 1.05.